The lowest BCUT2D eigenvalue weighted by Crippen LogP contribution is -2.75. The number of nitrogens with zero attached hydrogens (tertiary/aromatic N) is 2. The summed E-state index contributed by atoms with van der Waals surface area (Å²) in [5.41, 5.74) is -29.7. The molecule has 0 saturated heterocycles. The Labute approximate surface area is 397 Å². The second kappa shape index (κ2) is 19.8. The van der Waals surface area contributed by atoms with Crippen LogP contribution in [0.25, 0.3) is 0 Å². The third-order valence-corrected chi connectivity index (χ3v) is 11.0. The number of benzene rings is 5. The van der Waals surface area contributed by atoms with Crippen LogP contribution in [0, 0.1) is 0 Å². The maximum Gasteiger partial charge on any atom is 0.416 e. The third-order valence-electron chi connectivity index (χ3n) is 10.6. The number of carbonyl (C=O) groups excluding carboxylic acids is 1. The summed E-state index contributed by atoms with van der Waals surface area (Å²) >= 11 is 5.94. The van der Waals surface area contributed by atoms with E-state index in [1.807, 2.05) is 0 Å². The molecule has 0 aliphatic rings. The van der Waals surface area contributed by atoms with Gasteiger partial charge in [0, 0.05) is 5.56 Å². The minimum atomic E-state index is -6.13. The van der Waals surface area contributed by atoms with E-state index in [9.17, 15) is 110 Å². The van der Waals surface area contributed by atoms with E-state index in [-0.39, 0.29) is 12.3 Å². The molecule has 0 fully saturated rings. The number of hydrogen-bond acceptors (Lipinski definition) is 2. The Hall–Kier alpha value is -6.48. The molecule has 0 saturated carbocycles. The summed E-state index contributed by atoms with van der Waals surface area (Å²) in [7, 11) is 0. The first-order valence-corrected chi connectivity index (χ1v) is 19.8. The Morgan fingerprint density at radius 3 is 0.849 bits per heavy atom. The van der Waals surface area contributed by atoms with Gasteiger partial charge in [-0.05, 0) is 36.4 Å². The smallest absolute Gasteiger partial charge is 0.287 e. The van der Waals surface area contributed by atoms with Crippen molar-refractivity contribution in [1.29, 1.82) is 0 Å². The number of alkyl halides is 24. The molecule has 0 aliphatic heterocycles. The van der Waals surface area contributed by atoms with Gasteiger partial charge in [0.25, 0.3) is 0 Å². The lowest BCUT2D eigenvalue weighted by atomic mass is 9.12. The first kappa shape index (κ1) is 57.4. The minimum absolute atomic E-state index is 0.0122. The molecule has 73 heavy (non-hydrogen) atoms. The average molecular weight is 1100 g/mol. The van der Waals surface area contributed by atoms with Crippen LogP contribution < -0.4 is 26.4 Å². The van der Waals surface area contributed by atoms with Crippen molar-refractivity contribution >= 4 is 45.4 Å². The quantitative estimate of drug-likeness (QED) is 0.0691. The molecule has 3 nitrogen and oxygen atoms in total. The monoisotopic (exact) mass is 1100 g/mol. The molecule has 1 heterocycles. The molecule has 5 aromatic carbocycles. The molecule has 0 amide bonds. The van der Waals surface area contributed by atoms with Crippen LogP contribution in [0.15, 0.2) is 122 Å². The zero-order valence-electron chi connectivity index (χ0n) is 35.1. The summed E-state index contributed by atoms with van der Waals surface area (Å²) in [4.78, 5) is 15.8. The minimum Gasteiger partial charge on any atom is -0.287 e. The lowest BCUT2D eigenvalue weighted by molar-refractivity contribution is -0.683. The molecular formula is C44H22BClF24N2O. The van der Waals surface area contributed by atoms with Crippen LogP contribution in [0.3, 0.4) is 0 Å². The summed E-state index contributed by atoms with van der Waals surface area (Å²) in [5, 5.41) is 0.488. The van der Waals surface area contributed by atoms with E-state index in [0.29, 0.717) is 10.6 Å². The van der Waals surface area contributed by atoms with Crippen LogP contribution in [0.1, 0.15) is 54.9 Å². The second-order valence-corrected chi connectivity index (χ2v) is 16.0. The fraction of sp³-hybridized carbons (Fsp3) is 0.205. The maximum absolute atomic E-state index is 14.2. The van der Waals surface area contributed by atoms with Crippen molar-refractivity contribution in [1.82, 2.24) is 4.98 Å². The van der Waals surface area contributed by atoms with E-state index < -0.39 is 195 Å². The zero-order valence-corrected chi connectivity index (χ0v) is 35.8. The third kappa shape index (κ3) is 13.4. The lowest BCUT2D eigenvalue weighted by Gasteiger charge is -2.46. The first-order chi connectivity index (χ1) is 33.0. The van der Waals surface area contributed by atoms with Crippen molar-refractivity contribution in [3.05, 3.63) is 177 Å². The Morgan fingerprint density at radius 2 is 0.630 bits per heavy atom. The summed E-state index contributed by atoms with van der Waals surface area (Å²) in [6.07, 6.45) is -48.0. The van der Waals surface area contributed by atoms with Gasteiger partial charge in [-0.2, -0.15) is 132 Å². The second-order valence-electron chi connectivity index (χ2n) is 15.5. The molecule has 0 bridgehead atoms. The standard InChI is InChI=1S/C32H12BF24.C12H10ClN2O/c34-25(35,36)13-1-14(26(37,38)39)6-21(5-13)33(22-7-15(27(40,41)42)2-16(8-22)28(43,44)45,23-9-17(29(46,47)48)3-18(10-23)30(49,50)51)24-11-19(31(52,53)54)4-20(12-24)32(55,56)57;13-11-4-2-1-3-10(11)12(16)9-15-7-5-14-6-8-15/h1-12H;1-8H,9H2/q-1;+1. The zero-order chi connectivity index (χ0) is 55.3. The highest BCUT2D eigenvalue weighted by atomic mass is 35.5. The Balaban J connectivity index is 0.000000520. The fourth-order valence-corrected chi connectivity index (χ4v) is 7.70. The van der Waals surface area contributed by atoms with E-state index in [4.69, 9.17) is 11.6 Å². The number of hydrogen-bond donors (Lipinski definition) is 0. The van der Waals surface area contributed by atoms with Crippen LogP contribution in [-0.4, -0.2) is 16.9 Å². The largest absolute Gasteiger partial charge is 0.416 e. The fourth-order valence-electron chi connectivity index (χ4n) is 7.46. The molecule has 0 radical (unpaired) electrons. The van der Waals surface area contributed by atoms with Crippen LogP contribution in [0.5, 0.6) is 0 Å². The highest BCUT2D eigenvalue weighted by molar-refractivity contribution is 7.20. The summed E-state index contributed by atoms with van der Waals surface area (Å²) in [6, 6.07) is -1.76. The number of ketones is 1. The van der Waals surface area contributed by atoms with Crippen molar-refractivity contribution < 1.29 is 115 Å². The van der Waals surface area contributed by atoms with Crippen molar-refractivity contribution in [2.45, 2.75) is 56.0 Å². The van der Waals surface area contributed by atoms with Crippen molar-refractivity contribution in [3.8, 4) is 0 Å². The molecule has 6 rings (SSSR count). The predicted octanol–water partition coefficient (Wildman–Crippen LogP) is 13.1. The van der Waals surface area contributed by atoms with Gasteiger partial charge in [0.05, 0.1) is 61.9 Å². The molecule has 0 atom stereocenters. The van der Waals surface area contributed by atoms with Gasteiger partial charge in [-0.1, -0.05) is 72.3 Å². The van der Waals surface area contributed by atoms with E-state index in [2.05, 4.69) is 4.98 Å². The van der Waals surface area contributed by atoms with Crippen LogP contribution >= 0.6 is 11.6 Å². The summed E-state index contributed by atoms with van der Waals surface area (Å²) in [5.74, 6) is -0.0122. The van der Waals surface area contributed by atoms with Gasteiger partial charge in [-0.3, -0.25) is 9.78 Å². The van der Waals surface area contributed by atoms with Gasteiger partial charge in [0.1, 0.15) is 6.15 Å². The predicted molar refractivity (Wildman–Crippen MR) is 210 cm³/mol. The average Bonchev–Trinajstić information content (AvgIpc) is 3.24. The topological polar surface area (TPSA) is 33.8 Å². The van der Waals surface area contributed by atoms with Gasteiger partial charge in [-0.15, -0.1) is 0 Å². The molecule has 6 aromatic rings. The molecule has 0 N–H and O–H groups in total. The van der Waals surface area contributed by atoms with Gasteiger partial charge >= 0.3 is 49.4 Å². The SMILES string of the molecule is FC(F)(F)c1cc([B-](c2cc(C(F)(F)F)cc(C(F)(F)F)c2)(c2cc(C(F)(F)F)cc(C(F)(F)F)c2)c2cc(C(F)(F)F)cc(C(F)(F)F)c2)cc(C(F)(F)F)c1.O=C(C[n+]1ccncc1)c1ccccc1Cl. The van der Waals surface area contributed by atoms with E-state index >= 15 is 0 Å². The molecule has 1 aromatic heterocycles. The van der Waals surface area contributed by atoms with Crippen molar-refractivity contribution in [3.63, 3.8) is 0 Å². The van der Waals surface area contributed by atoms with Crippen LogP contribution in [0.2, 0.25) is 5.02 Å². The number of aromatic nitrogens is 2. The highest BCUT2D eigenvalue weighted by Gasteiger charge is 2.47. The maximum atomic E-state index is 14.2. The number of rotatable bonds is 7. The van der Waals surface area contributed by atoms with Gasteiger partial charge in [0.15, 0.2) is 12.4 Å². The molecule has 0 spiro atoms. The first-order valence-electron chi connectivity index (χ1n) is 19.5. The molecule has 392 valence electrons. The van der Waals surface area contributed by atoms with E-state index in [0.717, 1.165) is 0 Å². The van der Waals surface area contributed by atoms with Gasteiger partial charge in [0.2, 0.25) is 12.3 Å². The van der Waals surface area contributed by atoms with Gasteiger partial charge in [-0.25, -0.2) is 0 Å². The van der Waals surface area contributed by atoms with Crippen LogP contribution in [-0.2, 0) is 56.0 Å². The van der Waals surface area contributed by atoms with Gasteiger partial charge < -0.3 is 0 Å². The Bertz CT molecular complexity index is 2530. The molecule has 0 aliphatic carbocycles. The van der Waals surface area contributed by atoms with E-state index in [1.165, 1.54) is 0 Å². The van der Waals surface area contributed by atoms with Crippen molar-refractivity contribution in [2.75, 3.05) is 0 Å². The van der Waals surface area contributed by atoms with Crippen LogP contribution in [0.4, 0.5) is 105 Å². The summed E-state index contributed by atoms with van der Waals surface area (Å²) in [6.45, 7) is 0.270. The molecule has 0 unspecified atom stereocenters. The Morgan fingerprint density at radius 1 is 0.397 bits per heavy atom. The number of carbonyl (C=O) groups is 1. The van der Waals surface area contributed by atoms with E-state index in [1.54, 1.807) is 53.6 Å². The summed E-state index contributed by atoms with van der Waals surface area (Å²) < 4.78 is 343. The molecular weight excluding hydrogens is 1070 g/mol. The molecule has 29 heteroatoms. The normalized spacial score (nSPS) is 13.4. The number of Topliss-reactive ketones (excluding diaryl/α,β-unsaturated/α-hetero) is 1. The Kier molecular flexibility index (Phi) is 15.5. The number of halogens is 25. The van der Waals surface area contributed by atoms with Crippen molar-refractivity contribution in [2.24, 2.45) is 0 Å². The highest BCUT2D eigenvalue weighted by Crippen LogP contribution is 2.41.